The van der Waals surface area contributed by atoms with Crippen LogP contribution in [0, 0.1) is 0 Å². The van der Waals surface area contributed by atoms with Gasteiger partial charge in [0, 0.05) is 18.9 Å². The predicted molar refractivity (Wildman–Crippen MR) is 55.6 cm³/mol. The van der Waals surface area contributed by atoms with Crippen LogP contribution in [0.1, 0.15) is 5.82 Å². The van der Waals surface area contributed by atoms with E-state index in [-0.39, 0.29) is 6.61 Å². The molecule has 0 unspecified atom stereocenters. The molecule has 78 valence electrons. The minimum Gasteiger partial charge on any atom is -0.396 e. The molecule has 1 heterocycles. The maximum absolute atomic E-state index is 8.65. The Morgan fingerprint density at radius 2 is 2.36 bits per heavy atom. The summed E-state index contributed by atoms with van der Waals surface area (Å²) < 4.78 is 4.90. The molecule has 0 aliphatic rings. The first-order chi connectivity index (χ1) is 6.76. The topological polar surface area (TPSA) is 55.2 Å². The zero-order chi connectivity index (χ0) is 10.4. The number of hydrogen-bond acceptors (Lipinski definition) is 5. The van der Waals surface area contributed by atoms with Crippen LogP contribution < -0.4 is 0 Å². The summed E-state index contributed by atoms with van der Waals surface area (Å²) in [6.07, 6.45) is 0. The predicted octanol–water partition coefficient (Wildman–Crippen LogP) is 1.36. The molecule has 4 nitrogen and oxygen atoms in total. The average Bonchev–Trinajstić information content (AvgIpc) is 2.14. The Hall–Kier alpha value is -0.360. The van der Waals surface area contributed by atoms with E-state index in [0.29, 0.717) is 23.3 Å². The second kappa shape index (κ2) is 6.19. The van der Waals surface area contributed by atoms with Gasteiger partial charge < -0.3 is 9.84 Å². The summed E-state index contributed by atoms with van der Waals surface area (Å²) >= 11 is 7.22. The Morgan fingerprint density at radius 3 is 3.00 bits per heavy atom. The first kappa shape index (κ1) is 11.7. The molecule has 1 aromatic rings. The highest BCUT2D eigenvalue weighted by Crippen LogP contribution is 2.18. The number of thioether (sulfide) groups is 1. The summed E-state index contributed by atoms with van der Waals surface area (Å²) in [5, 5.41) is 9.80. The van der Waals surface area contributed by atoms with Crippen LogP contribution in [0.2, 0.25) is 5.15 Å². The van der Waals surface area contributed by atoms with Crippen molar-refractivity contribution in [2.45, 2.75) is 11.6 Å². The van der Waals surface area contributed by atoms with Gasteiger partial charge in [0.2, 0.25) is 0 Å². The molecule has 0 amide bonds. The zero-order valence-electron chi connectivity index (χ0n) is 7.73. The van der Waals surface area contributed by atoms with Crippen LogP contribution in [0.5, 0.6) is 0 Å². The number of hydrogen-bond donors (Lipinski definition) is 1. The number of ether oxygens (including phenoxy) is 1. The minimum absolute atomic E-state index is 0.117. The lowest BCUT2D eigenvalue weighted by Crippen LogP contribution is -1.99. The molecule has 0 aromatic carbocycles. The molecule has 0 saturated heterocycles. The summed E-state index contributed by atoms with van der Waals surface area (Å²) in [6.45, 7) is 0.457. The summed E-state index contributed by atoms with van der Waals surface area (Å²) in [4.78, 5) is 8.18. The molecular weight excluding hydrogens is 224 g/mol. The van der Waals surface area contributed by atoms with Crippen molar-refractivity contribution in [3.63, 3.8) is 0 Å². The van der Waals surface area contributed by atoms with Crippen LogP contribution in [0.25, 0.3) is 0 Å². The van der Waals surface area contributed by atoms with E-state index in [2.05, 4.69) is 9.97 Å². The molecule has 14 heavy (non-hydrogen) atoms. The van der Waals surface area contributed by atoms with Gasteiger partial charge in [0.1, 0.15) is 16.8 Å². The third-order valence-corrected chi connectivity index (χ3v) is 2.42. The van der Waals surface area contributed by atoms with Crippen molar-refractivity contribution in [3.05, 3.63) is 17.0 Å². The zero-order valence-corrected chi connectivity index (χ0v) is 9.31. The lowest BCUT2D eigenvalue weighted by molar-refractivity contribution is 0.177. The fraction of sp³-hybridized carbons (Fsp3) is 0.500. The molecule has 1 N–H and O–H groups in total. The van der Waals surface area contributed by atoms with Crippen LogP contribution in [-0.2, 0) is 11.3 Å². The van der Waals surface area contributed by atoms with Gasteiger partial charge in [-0.15, -0.1) is 11.8 Å². The lowest BCUT2D eigenvalue weighted by Gasteiger charge is -2.02. The van der Waals surface area contributed by atoms with E-state index in [1.54, 1.807) is 13.2 Å². The first-order valence-corrected chi connectivity index (χ1v) is 5.38. The van der Waals surface area contributed by atoms with Gasteiger partial charge in [-0.3, -0.25) is 0 Å². The highest BCUT2D eigenvalue weighted by atomic mass is 35.5. The third-order valence-electron chi connectivity index (χ3n) is 1.33. The van der Waals surface area contributed by atoms with Gasteiger partial charge >= 0.3 is 0 Å². The molecule has 0 radical (unpaired) electrons. The van der Waals surface area contributed by atoms with Crippen molar-refractivity contribution in [1.82, 2.24) is 9.97 Å². The van der Waals surface area contributed by atoms with Gasteiger partial charge in [0.15, 0.2) is 5.82 Å². The largest absolute Gasteiger partial charge is 0.396 e. The number of methoxy groups -OCH3 is 1. The highest BCUT2D eigenvalue weighted by molar-refractivity contribution is 7.99. The van der Waals surface area contributed by atoms with Crippen molar-refractivity contribution in [2.75, 3.05) is 19.5 Å². The molecule has 0 fully saturated rings. The Balaban J connectivity index is 2.73. The van der Waals surface area contributed by atoms with E-state index in [1.165, 1.54) is 11.8 Å². The van der Waals surface area contributed by atoms with E-state index in [4.69, 9.17) is 21.4 Å². The molecule has 1 rings (SSSR count). The van der Waals surface area contributed by atoms with E-state index in [0.717, 1.165) is 5.03 Å². The monoisotopic (exact) mass is 234 g/mol. The van der Waals surface area contributed by atoms with Crippen molar-refractivity contribution < 1.29 is 9.84 Å². The number of halogens is 1. The molecule has 6 heteroatoms. The average molecular weight is 235 g/mol. The maximum Gasteiger partial charge on any atom is 0.156 e. The summed E-state index contributed by atoms with van der Waals surface area (Å²) in [6, 6.07) is 1.67. The van der Waals surface area contributed by atoms with Crippen LogP contribution in [0.4, 0.5) is 0 Å². The number of nitrogens with zero attached hydrogens (tertiary/aromatic N) is 2. The van der Waals surface area contributed by atoms with E-state index < -0.39 is 0 Å². The Bertz CT molecular complexity index is 299. The summed E-state index contributed by atoms with van der Waals surface area (Å²) in [5.41, 5.74) is 0. The molecule has 0 saturated carbocycles. The number of rotatable bonds is 5. The quantitative estimate of drug-likeness (QED) is 0.616. The van der Waals surface area contributed by atoms with Crippen LogP contribution in [0.15, 0.2) is 11.1 Å². The van der Waals surface area contributed by atoms with E-state index in [1.807, 2.05) is 0 Å². The summed E-state index contributed by atoms with van der Waals surface area (Å²) in [7, 11) is 1.57. The molecule has 0 bridgehead atoms. The van der Waals surface area contributed by atoms with Crippen LogP contribution in [-0.4, -0.2) is 34.5 Å². The van der Waals surface area contributed by atoms with Gasteiger partial charge in [-0.1, -0.05) is 11.6 Å². The highest BCUT2D eigenvalue weighted by Gasteiger charge is 2.03. The molecule has 0 spiro atoms. The van der Waals surface area contributed by atoms with Gasteiger partial charge in [0.05, 0.1) is 6.61 Å². The Morgan fingerprint density at radius 1 is 1.57 bits per heavy atom. The minimum atomic E-state index is 0.117. The Kier molecular flexibility index (Phi) is 5.17. The van der Waals surface area contributed by atoms with Gasteiger partial charge in [-0.25, -0.2) is 9.97 Å². The SMILES string of the molecule is COCc1nc(Cl)cc(SCCO)n1. The summed E-state index contributed by atoms with van der Waals surface area (Å²) in [5.74, 6) is 1.15. The van der Waals surface area contributed by atoms with Crippen molar-refractivity contribution in [2.24, 2.45) is 0 Å². The first-order valence-electron chi connectivity index (χ1n) is 4.02. The number of aliphatic hydroxyl groups excluding tert-OH is 1. The Labute approximate surface area is 91.7 Å². The smallest absolute Gasteiger partial charge is 0.156 e. The lowest BCUT2D eigenvalue weighted by atomic mass is 10.6. The second-order valence-electron chi connectivity index (χ2n) is 2.45. The molecular formula is C8H11ClN2O2S. The van der Waals surface area contributed by atoms with Crippen LogP contribution >= 0.6 is 23.4 Å². The fourth-order valence-electron chi connectivity index (χ4n) is 0.860. The van der Waals surface area contributed by atoms with Crippen LogP contribution in [0.3, 0.4) is 0 Å². The number of aliphatic hydroxyl groups is 1. The normalized spacial score (nSPS) is 10.5. The van der Waals surface area contributed by atoms with Crippen molar-refractivity contribution in [1.29, 1.82) is 0 Å². The molecule has 0 aliphatic heterocycles. The van der Waals surface area contributed by atoms with E-state index in [9.17, 15) is 0 Å². The second-order valence-corrected chi connectivity index (χ2v) is 3.95. The van der Waals surface area contributed by atoms with E-state index >= 15 is 0 Å². The maximum atomic E-state index is 8.65. The molecule has 1 aromatic heterocycles. The van der Waals surface area contributed by atoms with Gasteiger partial charge in [-0.05, 0) is 0 Å². The molecule has 0 aliphatic carbocycles. The number of aromatic nitrogens is 2. The molecule has 0 atom stereocenters. The van der Waals surface area contributed by atoms with Crippen molar-refractivity contribution >= 4 is 23.4 Å². The van der Waals surface area contributed by atoms with Gasteiger partial charge in [0.25, 0.3) is 0 Å². The van der Waals surface area contributed by atoms with Gasteiger partial charge in [-0.2, -0.15) is 0 Å². The van der Waals surface area contributed by atoms with Crippen molar-refractivity contribution in [3.8, 4) is 0 Å². The standard InChI is InChI=1S/C8H11ClN2O2S/c1-13-5-7-10-6(9)4-8(11-7)14-3-2-12/h4,12H,2-3,5H2,1H3. The third kappa shape index (κ3) is 3.79. The fourth-order valence-corrected chi connectivity index (χ4v) is 1.79.